The molecule has 0 heterocycles. The number of carbonyl (C=O) groups excluding carboxylic acids is 1. The second-order valence-corrected chi connectivity index (χ2v) is 5.42. The van der Waals surface area contributed by atoms with E-state index in [0.717, 1.165) is 24.2 Å². The Morgan fingerprint density at radius 3 is 2.91 bits per heavy atom. The third-order valence-electron chi connectivity index (χ3n) is 3.30. The zero-order valence-electron chi connectivity index (χ0n) is 13.7. The molecule has 1 aromatic carbocycles. The largest absolute Gasteiger partial charge is 0.494 e. The molecule has 124 valence electrons. The first kappa shape index (κ1) is 18.6. The number of urea groups is 1. The van der Waals surface area contributed by atoms with Gasteiger partial charge in [0.2, 0.25) is 0 Å². The van der Waals surface area contributed by atoms with Gasteiger partial charge in [0.05, 0.1) is 6.61 Å². The summed E-state index contributed by atoms with van der Waals surface area (Å²) in [5.74, 6) is 6.93. The molecule has 0 fully saturated rings. The fourth-order valence-corrected chi connectivity index (χ4v) is 1.88. The summed E-state index contributed by atoms with van der Waals surface area (Å²) in [6.07, 6.45) is 3.85. The van der Waals surface area contributed by atoms with E-state index in [4.69, 9.17) is 10.5 Å². The fourth-order valence-electron chi connectivity index (χ4n) is 1.88. The summed E-state index contributed by atoms with van der Waals surface area (Å²) >= 11 is 0. The highest BCUT2D eigenvalue weighted by Crippen LogP contribution is 2.15. The molecule has 5 nitrogen and oxygen atoms in total. The second-order valence-electron chi connectivity index (χ2n) is 5.42. The molecular formula is C18H24N2O3. The predicted octanol–water partition coefficient (Wildman–Crippen LogP) is 3.18. The summed E-state index contributed by atoms with van der Waals surface area (Å²) < 4.78 is 5.72. The van der Waals surface area contributed by atoms with E-state index in [1.54, 1.807) is 6.92 Å². The Morgan fingerprint density at radius 2 is 2.26 bits per heavy atom. The van der Waals surface area contributed by atoms with Gasteiger partial charge < -0.3 is 10.5 Å². The minimum Gasteiger partial charge on any atom is -0.494 e. The predicted molar refractivity (Wildman–Crippen MR) is 90.1 cm³/mol. The molecular weight excluding hydrogens is 292 g/mol. The topological polar surface area (TPSA) is 75.8 Å². The highest BCUT2D eigenvalue weighted by atomic mass is 16.5. The number of hydrogen-bond donors (Lipinski definition) is 2. The lowest BCUT2D eigenvalue weighted by molar-refractivity contribution is -0.0536. The first-order valence-electron chi connectivity index (χ1n) is 7.57. The van der Waals surface area contributed by atoms with Crippen molar-refractivity contribution in [2.75, 3.05) is 6.61 Å². The number of amides is 2. The molecule has 2 atom stereocenters. The van der Waals surface area contributed by atoms with Gasteiger partial charge in [0.15, 0.2) is 0 Å². The van der Waals surface area contributed by atoms with Crippen LogP contribution in [0.2, 0.25) is 0 Å². The summed E-state index contributed by atoms with van der Waals surface area (Å²) in [5.41, 5.74) is 5.72. The monoisotopic (exact) mass is 316 g/mol. The SMILES string of the molecule is C=CC[C@@H](C)CCOc1cccc(C#C[C@@H](C)N(O)C(N)=O)c1. The molecule has 0 spiro atoms. The molecule has 0 saturated carbocycles. The smallest absolute Gasteiger partial charge is 0.339 e. The number of allylic oxidation sites excluding steroid dienone is 1. The summed E-state index contributed by atoms with van der Waals surface area (Å²) in [6, 6.07) is 5.76. The number of benzene rings is 1. The molecule has 1 rings (SSSR count). The molecule has 0 aromatic heterocycles. The lowest BCUT2D eigenvalue weighted by atomic mass is 10.1. The van der Waals surface area contributed by atoms with Crippen LogP contribution in [-0.4, -0.2) is 29.0 Å². The van der Waals surface area contributed by atoms with Crippen molar-refractivity contribution in [3.8, 4) is 17.6 Å². The zero-order chi connectivity index (χ0) is 17.2. The zero-order valence-corrected chi connectivity index (χ0v) is 13.7. The molecule has 0 aliphatic heterocycles. The molecule has 0 aliphatic carbocycles. The Labute approximate surface area is 137 Å². The Bertz CT molecular complexity index is 589. The van der Waals surface area contributed by atoms with E-state index in [2.05, 4.69) is 25.3 Å². The molecule has 0 radical (unpaired) electrons. The Balaban J connectivity index is 2.60. The van der Waals surface area contributed by atoms with Gasteiger partial charge in [0.1, 0.15) is 11.8 Å². The number of hydrogen-bond acceptors (Lipinski definition) is 3. The number of nitrogens with zero attached hydrogens (tertiary/aromatic N) is 1. The van der Waals surface area contributed by atoms with Gasteiger partial charge in [0.25, 0.3) is 0 Å². The number of ether oxygens (including phenoxy) is 1. The minimum atomic E-state index is -0.933. The van der Waals surface area contributed by atoms with Gasteiger partial charge in [0, 0.05) is 5.56 Å². The second kappa shape index (κ2) is 9.54. The normalized spacial score (nSPS) is 12.5. The molecule has 23 heavy (non-hydrogen) atoms. The van der Waals surface area contributed by atoms with Crippen molar-refractivity contribution >= 4 is 6.03 Å². The van der Waals surface area contributed by atoms with Crippen LogP contribution >= 0.6 is 0 Å². The summed E-state index contributed by atoms with van der Waals surface area (Å²) in [6.45, 7) is 8.11. The van der Waals surface area contributed by atoms with Crippen LogP contribution in [-0.2, 0) is 0 Å². The molecule has 0 unspecified atom stereocenters. The maximum Gasteiger partial charge on any atom is 0.339 e. The first-order chi connectivity index (χ1) is 10.9. The maximum absolute atomic E-state index is 10.8. The Kier molecular flexibility index (Phi) is 7.72. The van der Waals surface area contributed by atoms with E-state index in [0.29, 0.717) is 17.6 Å². The summed E-state index contributed by atoms with van der Waals surface area (Å²) in [7, 11) is 0. The third-order valence-corrected chi connectivity index (χ3v) is 3.30. The molecule has 0 bridgehead atoms. The average molecular weight is 316 g/mol. The highest BCUT2D eigenvalue weighted by Gasteiger charge is 2.11. The lowest BCUT2D eigenvalue weighted by Crippen LogP contribution is -2.38. The van der Waals surface area contributed by atoms with Crippen molar-refractivity contribution in [1.29, 1.82) is 0 Å². The minimum absolute atomic E-state index is 0.397. The van der Waals surface area contributed by atoms with Gasteiger partial charge in [-0.15, -0.1) is 6.58 Å². The van der Waals surface area contributed by atoms with E-state index >= 15 is 0 Å². The number of nitrogens with two attached hydrogens (primary N) is 1. The Morgan fingerprint density at radius 1 is 1.52 bits per heavy atom. The number of primary amides is 1. The van der Waals surface area contributed by atoms with Gasteiger partial charge in [-0.2, -0.15) is 5.06 Å². The molecule has 2 amide bonds. The van der Waals surface area contributed by atoms with Crippen LogP contribution in [0.5, 0.6) is 5.75 Å². The number of hydroxylamine groups is 2. The van der Waals surface area contributed by atoms with E-state index in [9.17, 15) is 10.0 Å². The van der Waals surface area contributed by atoms with Crippen molar-refractivity contribution in [3.63, 3.8) is 0 Å². The molecule has 1 aromatic rings. The van der Waals surface area contributed by atoms with Crippen LogP contribution < -0.4 is 10.5 Å². The molecule has 5 heteroatoms. The van der Waals surface area contributed by atoms with Crippen molar-refractivity contribution in [1.82, 2.24) is 5.06 Å². The van der Waals surface area contributed by atoms with Crippen LogP contribution in [0.15, 0.2) is 36.9 Å². The van der Waals surface area contributed by atoms with E-state index in [1.807, 2.05) is 30.3 Å². The van der Waals surface area contributed by atoms with Crippen LogP contribution in [0.25, 0.3) is 0 Å². The quantitative estimate of drug-likeness (QED) is 0.351. The van der Waals surface area contributed by atoms with Gasteiger partial charge in [-0.1, -0.05) is 30.9 Å². The first-order valence-corrected chi connectivity index (χ1v) is 7.57. The van der Waals surface area contributed by atoms with E-state index < -0.39 is 12.1 Å². The molecule has 3 N–H and O–H groups in total. The van der Waals surface area contributed by atoms with Crippen molar-refractivity contribution in [3.05, 3.63) is 42.5 Å². The van der Waals surface area contributed by atoms with Gasteiger partial charge in [-0.05, 0) is 43.9 Å². The maximum atomic E-state index is 10.8. The summed E-state index contributed by atoms with van der Waals surface area (Å²) in [5, 5.41) is 9.76. The lowest BCUT2D eigenvalue weighted by Gasteiger charge is -2.14. The van der Waals surface area contributed by atoms with E-state index in [-0.39, 0.29) is 0 Å². The van der Waals surface area contributed by atoms with Crippen LogP contribution in [0.3, 0.4) is 0 Å². The number of carbonyl (C=O) groups is 1. The third kappa shape index (κ3) is 6.90. The van der Waals surface area contributed by atoms with Crippen LogP contribution in [0, 0.1) is 17.8 Å². The van der Waals surface area contributed by atoms with Crippen LogP contribution in [0.1, 0.15) is 32.3 Å². The van der Waals surface area contributed by atoms with Gasteiger partial charge in [-0.25, -0.2) is 4.79 Å². The van der Waals surface area contributed by atoms with Crippen molar-refractivity contribution in [2.24, 2.45) is 11.7 Å². The number of rotatable bonds is 7. The van der Waals surface area contributed by atoms with E-state index in [1.165, 1.54) is 0 Å². The molecule has 0 aliphatic rings. The van der Waals surface area contributed by atoms with Crippen molar-refractivity contribution in [2.45, 2.75) is 32.7 Å². The fraction of sp³-hybridized carbons (Fsp3) is 0.389. The summed E-state index contributed by atoms with van der Waals surface area (Å²) in [4.78, 5) is 10.8. The highest BCUT2D eigenvalue weighted by molar-refractivity contribution is 5.71. The molecule has 0 saturated heterocycles. The van der Waals surface area contributed by atoms with Gasteiger partial charge >= 0.3 is 6.03 Å². The van der Waals surface area contributed by atoms with Crippen LogP contribution in [0.4, 0.5) is 4.79 Å². The average Bonchev–Trinajstić information content (AvgIpc) is 2.52. The van der Waals surface area contributed by atoms with Gasteiger partial charge in [-0.3, -0.25) is 5.21 Å². The standard InChI is InChI=1S/C18H24N2O3/c1-4-6-14(2)11-12-23-17-8-5-7-16(13-17)10-9-15(3)20(22)18(19)21/h4-5,7-8,13-15,22H,1,6,11-12H2,2-3H3,(H2,19,21)/t14-,15-/m1/s1. The Hall–Kier alpha value is -2.45. The van der Waals surface area contributed by atoms with Crippen molar-refractivity contribution < 1.29 is 14.7 Å².